The molecule has 4 rings (SSSR count). The van der Waals surface area contributed by atoms with Crippen LogP contribution >= 0.6 is 11.8 Å². The highest BCUT2D eigenvalue weighted by molar-refractivity contribution is 7.99. The third-order valence-corrected chi connectivity index (χ3v) is 5.28. The minimum absolute atomic E-state index is 0.798. The van der Waals surface area contributed by atoms with E-state index in [1.807, 2.05) is 67.0 Å². The molecule has 0 atom stereocenters. The summed E-state index contributed by atoms with van der Waals surface area (Å²) in [4.78, 5) is 4.07. The summed E-state index contributed by atoms with van der Waals surface area (Å²) < 4.78 is 7.48. The summed E-state index contributed by atoms with van der Waals surface area (Å²) in [7, 11) is 1.67. The second-order valence-corrected chi connectivity index (χ2v) is 7.23. The first-order valence-electron chi connectivity index (χ1n) is 9.02. The minimum atomic E-state index is 0.798. The van der Waals surface area contributed by atoms with Gasteiger partial charge in [0.25, 0.3) is 0 Å². The number of hydrogen-bond donors (Lipinski definition) is 0. The predicted molar refractivity (Wildman–Crippen MR) is 112 cm³/mol. The summed E-state index contributed by atoms with van der Waals surface area (Å²) in [6, 6.07) is 22.2. The Kier molecular flexibility index (Phi) is 5.68. The van der Waals surface area contributed by atoms with Gasteiger partial charge in [-0.3, -0.25) is 9.55 Å². The Bertz CT molecular complexity index is 1030. The van der Waals surface area contributed by atoms with Gasteiger partial charge in [0.1, 0.15) is 5.75 Å². The number of ether oxygens (including phenoxy) is 1. The van der Waals surface area contributed by atoms with Gasteiger partial charge in [-0.15, -0.1) is 10.2 Å². The molecule has 0 aliphatic rings. The molecular weight excluding hydrogens is 368 g/mol. The van der Waals surface area contributed by atoms with E-state index < -0.39 is 0 Å². The Balaban J connectivity index is 1.65. The highest BCUT2D eigenvalue weighted by Gasteiger charge is 2.16. The van der Waals surface area contributed by atoms with Crippen LogP contribution in [0.2, 0.25) is 0 Å². The Morgan fingerprint density at radius 2 is 1.75 bits per heavy atom. The first-order chi connectivity index (χ1) is 13.8. The highest BCUT2D eigenvalue weighted by Crippen LogP contribution is 2.29. The topological polar surface area (TPSA) is 52.8 Å². The van der Waals surface area contributed by atoms with Gasteiger partial charge in [0.2, 0.25) is 0 Å². The van der Waals surface area contributed by atoms with Crippen LogP contribution < -0.4 is 4.74 Å². The normalized spacial score (nSPS) is 10.8. The standard InChI is InChI=1S/C22H20N4OS/c1-27-20-9-5-6-18(16-20)21-24-25-22(26(21)19-7-3-2-4-8-19)28-15-12-17-10-13-23-14-11-17/h2-11,13-14,16H,12,15H2,1H3. The molecule has 2 heterocycles. The van der Waals surface area contributed by atoms with E-state index in [2.05, 4.69) is 31.9 Å². The molecule has 0 bridgehead atoms. The van der Waals surface area contributed by atoms with Crippen LogP contribution in [0, 0.1) is 0 Å². The lowest BCUT2D eigenvalue weighted by molar-refractivity contribution is 0.415. The zero-order valence-electron chi connectivity index (χ0n) is 15.5. The number of methoxy groups -OCH3 is 1. The fourth-order valence-electron chi connectivity index (χ4n) is 2.93. The fraction of sp³-hybridized carbons (Fsp3) is 0.136. The van der Waals surface area contributed by atoms with E-state index >= 15 is 0 Å². The largest absolute Gasteiger partial charge is 0.497 e. The van der Waals surface area contributed by atoms with Crippen LogP contribution in [-0.2, 0) is 6.42 Å². The van der Waals surface area contributed by atoms with Crippen molar-refractivity contribution in [1.29, 1.82) is 0 Å². The van der Waals surface area contributed by atoms with Gasteiger partial charge in [-0.1, -0.05) is 42.1 Å². The molecule has 28 heavy (non-hydrogen) atoms. The van der Waals surface area contributed by atoms with Crippen LogP contribution in [0.25, 0.3) is 17.1 Å². The predicted octanol–water partition coefficient (Wildman–Crippen LogP) is 4.67. The number of nitrogens with zero attached hydrogens (tertiary/aromatic N) is 4. The van der Waals surface area contributed by atoms with Crippen LogP contribution in [0.3, 0.4) is 0 Å². The highest BCUT2D eigenvalue weighted by atomic mass is 32.2. The van der Waals surface area contributed by atoms with Gasteiger partial charge in [0.15, 0.2) is 11.0 Å². The van der Waals surface area contributed by atoms with E-state index in [1.54, 1.807) is 18.9 Å². The molecular formula is C22H20N4OS. The maximum atomic E-state index is 5.37. The number of para-hydroxylation sites is 1. The van der Waals surface area contributed by atoms with E-state index in [4.69, 9.17) is 4.74 Å². The molecule has 0 saturated carbocycles. The van der Waals surface area contributed by atoms with Gasteiger partial charge < -0.3 is 4.74 Å². The zero-order valence-corrected chi connectivity index (χ0v) is 16.3. The van der Waals surface area contributed by atoms with E-state index in [9.17, 15) is 0 Å². The van der Waals surface area contributed by atoms with Crippen LogP contribution in [0.1, 0.15) is 5.56 Å². The summed E-state index contributed by atoms with van der Waals surface area (Å²) in [6.07, 6.45) is 4.60. The Labute approximate surface area is 168 Å². The smallest absolute Gasteiger partial charge is 0.196 e. The van der Waals surface area contributed by atoms with Crippen LogP contribution in [0.5, 0.6) is 5.75 Å². The molecule has 5 nitrogen and oxygen atoms in total. The third kappa shape index (κ3) is 4.07. The quantitative estimate of drug-likeness (QED) is 0.431. The molecule has 0 spiro atoms. The number of aryl methyl sites for hydroxylation is 1. The molecule has 0 amide bonds. The molecule has 4 aromatic rings. The Hall–Kier alpha value is -3.12. The van der Waals surface area contributed by atoms with Crippen molar-refractivity contribution >= 4 is 11.8 Å². The summed E-state index contributed by atoms with van der Waals surface area (Å²) in [6.45, 7) is 0. The number of hydrogen-bond acceptors (Lipinski definition) is 5. The van der Waals surface area contributed by atoms with Crippen molar-refractivity contribution in [3.63, 3.8) is 0 Å². The van der Waals surface area contributed by atoms with Crippen molar-refractivity contribution in [3.05, 3.63) is 84.7 Å². The average molecular weight is 388 g/mol. The van der Waals surface area contributed by atoms with Crippen molar-refractivity contribution in [3.8, 4) is 22.8 Å². The maximum Gasteiger partial charge on any atom is 0.196 e. The van der Waals surface area contributed by atoms with Gasteiger partial charge in [-0.2, -0.15) is 0 Å². The second kappa shape index (κ2) is 8.71. The van der Waals surface area contributed by atoms with E-state index in [0.717, 1.165) is 40.2 Å². The molecule has 2 aromatic heterocycles. The van der Waals surface area contributed by atoms with E-state index in [0.29, 0.717) is 0 Å². The molecule has 0 aliphatic carbocycles. The van der Waals surface area contributed by atoms with Gasteiger partial charge in [-0.05, 0) is 48.4 Å². The second-order valence-electron chi connectivity index (χ2n) is 6.16. The van der Waals surface area contributed by atoms with Crippen molar-refractivity contribution in [2.24, 2.45) is 0 Å². The Morgan fingerprint density at radius 3 is 2.54 bits per heavy atom. The van der Waals surface area contributed by atoms with Gasteiger partial charge in [-0.25, -0.2) is 0 Å². The molecule has 6 heteroatoms. The number of thioether (sulfide) groups is 1. The van der Waals surface area contributed by atoms with E-state index in [-0.39, 0.29) is 0 Å². The first-order valence-corrected chi connectivity index (χ1v) is 10.0. The van der Waals surface area contributed by atoms with Crippen molar-refractivity contribution < 1.29 is 4.74 Å². The lowest BCUT2D eigenvalue weighted by Gasteiger charge is -2.11. The molecule has 0 aliphatic heterocycles. The van der Waals surface area contributed by atoms with Crippen LogP contribution in [0.15, 0.2) is 84.3 Å². The average Bonchev–Trinajstić information content (AvgIpc) is 3.19. The van der Waals surface area contributed by atoms with Gasteiger partial charge >= 0.3 is 0 Å². The van der Waals surface area contributed by atoms with Crippen molar-refractivity contribution in [1.82, 2.24) is 19.7 Å². The lowest BCUT2D eigenvalue weighted by Crippen LogP contribution is -2.00. The van der Waals surface area contributed by atoms with Crippen molar-refractivity contribution in [2.75, 3.05) is 12.9 Å². The van der Waals surface area contributed by atoms with Crippen LogP contribution in [0.4, 0.5) is 0 Å². The molecule has 140 valence electrons. The zero-order chi connectivity index (χ0) is 19.2. The third-order valence-electron chi connectivity index (χ3n) is 4.35. The lowest BCUT2D eigenvalue weighted by atomic mass is 10.2. The Morgan fingerprint density at radius 1 is 0.929 bits per heavy atom. The van der Waals surface area contributed by atoms with Crippen molar-refractivity contribution in [2.45, 2.75) is 11.6 Å². The van der Waals surface area contributed by atoms with Gasteiger partial charge in [0, 0.05) is 29.4 Å². The molecule has 0 N–H and O–H groups in total. The molecule has 0 fully saturated rings. The maximum absolute atomic E-state index is 5.37. The number of benzene rings is 2. The summed E-state index contributed by atoms with van der Waals surface area (Å²) in [5.41, 5.74) is 3.27. The summed E-state index contributed by atoms with van der Waals surface area (Å²) >= 11 is 1.70. The molecule has 0 radical (unpaired) electrons. The molecule has 2 aromatic carbocycles. The monoisotopic (exact) mass is 388 g/mol. The summed E-state index contributed by atoms with van der Waals surface area (Å²) in [5, 5.41) is 9.84. The molecule has 0 saturated heterocycles. The first kappa shape index (κ1) is 18.3. The van der Waals surface area contributed by atoms with Crippen LogP contribution in [-0.4, -0.2) is 32.6 Å². The SMILES string of the molecule is COc1cccc(-c2nnc(SCCc3ccncc3)n2-c2ccccc2)c1. The number of rotatable bonds is 7. The fourth-order valence-corrected chi connectivity index (χ4v) is 3.87. The molecule has 0 unspecified atom stereocenters. The number of pyridine rings is 1. The summed E-state index contributed by atoms with van der Waals surface area (Å²) in [5.74, 6) is 2.51. The van der Waals surface area contributed by atoms with E-state index in [1.165, 1.54) is 5.56 Å². The van der Waals surface area contributed by atoms with Gasteiger partial charge in [0.05, 0.1) is 7.11 Å². The number of aromatic nitrogens is 4. The minimum Gasteiger partial charge on any atom is -0.497 e.